The fourth-order valence-corrected chi connectivity index (χ4v) is 3.65. The van der Waals surface area contributed by atoms with Crippen LogP contribution in [0.15, 0.2) is 11.8 Å². The molecule has 6 nitrogen and oxygen atoms in total. The van der Waals surface area contributed by atoms with Crippen LogP contribution in [0.2, 0.25) is 0 Å². The first kappa shape index (κ1) is 21.1. The van der Waals surface area contributed by atoms with Crippen molar-refractivity contribution < 1.29 is 30.3 Å². The zero-order valence-corrected chi connectivity index (χ0v) is 14.5. The van der Waals surface area contributed by atoms with Crippen LogP contribution in [-0.2, 0) is 4.79 Å². The van der Waals surface area contributed by atoms with Crippen LogP contribution in [0.5, 0.6) is 0 Å². The maximum atomic E-state index is 11.0. The van der Waals surface area contributed by atoms with Gasteiger partial charge in [0.1, 0.15) is 0 Å². The van der Waals surface area contributed by atoms with E-state index in [0.717, 1.165) is 25.7 Å². The van der Waals surface area contributed by atoms with Gasteiger partial charge in [-0.1, -0.05) is 26.2 Å². The Labute approximate surface area is 143 Å². The lowest BCUT2D eigenvalue weighted by Crippen LogP contribution is -2.41. The third-order valence-electron chi connectivity index (χ3n) is 4.99. The Kier molecular flexibility index (Phi) is 8.91. The van der Waals surface area contributed by atoms with E-state index in [9.17, 15) is 25.2 Å². The van der Waals surface area contributed by atoms with Crippen molar-refractivity contribution in [2.75, 3.05) is 6.61 Å². The molecule has 6 heteroatoms. The van der Waals surface area contributed by atoms with Gasteiger partial charge >= 0.3 is 0 Å². The van der Waals surface area contributed by atoms with Gasteiger partial charge in [-0.2, -0.15) is 0 Å². The van der Waals surface area contributed by atoms with Gasteiger partial charge in [0.2, 0.25) is 5.79 Å². The lowest BCUT2D eigenvalue weighted by atomic mass is 9.86. The van der Waals surface area contributed by atoms with Crippen LogP contribution < -0.4 is 0 Å². The minimum Gasteiger partial charge on any atom is -0.512 e. The fourth-order valence-electron chi connectivity index (χ4n) is 3.65. The van der Waals surface area contributed by atoms with Gasteiger partial charge in [-0.05, 0) is 44.1 Å². The third-order valence-corrected chi connectivity index (χ3v) is 4.99. The summed E-state index contributed by atoms with van der Waals surface area (Å²) in [5.74, 6) is -3.82. The van der Waals surface area contributed by atoms with Crippen molar-refractivity contribution in [3.63, 3.8) is 0 Å². The highest BCUT2D eigenvalue weighted by atomic mass is 16.5. The Morgan fingerprint density at radius 3 is 2.54 bits per heavy atom. The number of hydrogen-bond acceptors (Lipinski definition) is 6. The minimum absolute atomic E-state index is 0.0867. The first-order chi connectivity index (χ1) is 11.4. The van der Waals surface area contributed by atoms with E-state index in [1.54, 1.807) is 6.08 Å². The molecule has 0 aromatic rings. The third kappa shape index (κ3) is 6.16. The molecule has 0 radical (unpaired) electrons. The van der Waals surface area contributed by atoms with E-state index in [-0.39, 0.29) is 24.6 Å². The van der Waals surface area contributed by atoms with Crippen LogP contribution in [0.1, 0.15) is 58.3 Å². The highest BCUT2D eigenvalue weighted by Gasteiger charge is 2.48. The number of hydrogen-bond donors (Lipinski definition) is 5. The molecule has 0 bridgehead atoms. The number of aliphatic hydroxyl groups is 5. The summed E-state index contributed by atoms with van der Waals surface area (Å²) in [7, 11) is 0. The first-order valence-corrected chi connectivity index (χ1v) is 8.94. The van der Waals surface area contributed by atoms with Gasteiger partial charge in [0, 0.05) is 11.8 Å². The molecule has 1 unspecified atom stereocenters. The number of aliphatic hydroxyl groups excluding tert-OH is 3. The molecule has 0 aromatic carbocycles. The molecule has 4 atom stereocenters. The van der Waals surface area contributed by atoms with Gasteiger partial charge < -0.3 is 25.5 Å². The van der Waals surface area contributed by atoms with Crippen molar-refractivity contribution in [3.05, 3.63) is 11.8 Å². The molecular formula is C18H32O6. The Bertz CT molecular complexity index is 406. The normalized spacial score (nSPS) is 26.5. The molecule has 1 aliphatic rings. The van der Waals surface area contributed by atoms with E-state index in [1.807, 2.05) is 0 Å². The largest absolute Gasteiger partial charge is 0.512 e. The molecule has 140 valence electrons. The molecule has 0 saturated heterocycles. The fraction of sp³-hybridized carbons (Fsp3) is 0.833. The number of rotatable bonds is 11. The molecule has 0 heterocycles. The predicted octanol–water partition coefficient (Wildman–Crippen LogP) is 1.66. The summed E-state index contributed by atoms with van der Waals surface area (Å²) in [6.45, 7) is 1.76. The van der Waals surface area contributed by atoms with Crippen molar-refractivity contribution in [2.24, 2.45) is 17.8 Å². The van der Waals surface area contributed by atoms with E-state index >= 15 is 0 Å². The second-order valence-electron chi connectivity index (χ2n) is 7.00. The van der Waals surface area contributed by atoms with Crippen molar-refractivity contribution in [1.29, 1.82) is 0 Å². The highest BCUT2D eigenvalue weighted by molar-refractivity contribution is 5.60. The zero-order chi connectivity index (χ0) is 18.2. The molecule has 1 saturated carbocycles. The van der Waals surface area contributed by atoms with Crippen LogP contribution in [0.25, 0.3) is 0 Å². The average molecular weight is 344 g/mol. The van der Waals surface area contributed by atoms with Crippen LogP contribution in [0.4, 0.5) is 0 Å². The number of aldehydes is 1. The first-order valence-electron chi connectivity index (χ1n) is 8.94. The maximum Gasteiger partial charge on any atom is 0.224 e. The van der Waals surface area contributed by atoms with Gasteiger partial charge in [-0.25, -0.2) is 0 Å². The molecular weight excluding hydrogens is 312 g/mol. The van der Waals surface area contributed by atoms with Crippen LogP contribution in [0, 0.1) is 17.8 Å². The number of unbranched alkanes of at least 4 members (excludes halogenated alkanes) is 4. The number of carbonyl (C=O) groups excluding carboxylic acids is 1. The smallest absolute Gasteiger partial charge is 0.224 e. The molecule has 1 rings (SSSR count). The van der Waals surface area contributed by atoms with Crippen molar-refractivity contribution in [2.45, 2.75) is 70.2 Å². The highest BCUT2D eigenvalue weighted by Crippen LogP contribution is 2.45. The van der Waals surface area contributed by atoms with E-state index in [4.69, 9.17) is 5.11 Å². The molecule has 1 aliphatic carbocycles. The van der Waals surface area contributed by atoms with Crippen molar-refractivity contribution in [3.8, 4) is 0 Å². The lowest BCUT2D eigenvalue weighted by Gasteiger charge is -2.27. The Morgan fingerprint density at radius 1 is 1.25 bits per heavy atom. The summed E-state index contributed by atoms with van der Waals surface area (Å²) in [5.41, 5.74) is 0. The Hall–Kier alpha value is -0.950. The Morgan fingerprint density at radius 2 is 1.96 bits per heavy atom. The van der Waals surface area contributed by atoms with Crippen LogP contribution >= 0.6 is 0 Å². The SMILES string of the molecule is CCCCCCC=C(O)[C@@H]1C[C@@H](CC(O)CO)C[C@@H]1C(O)(O)C=O. The average Bonchev–Trinajstić information content (AvgIpc) is 2.99. The number of allylic oxidation sites excluding steroid dienone is 2. The van der Waals surface area contributed by atoms with E-state index in [2.05, 4.69) is 6.92 Å². The van der Waals surface area contributed by atoms with E-state index < -0.39 is 23.7 Å². The van der Waals surface area contributed by atoms with Crippen LogP contribution in [-0.4, -0.2) is 50.3 Å². The van der Waals surface area contributed by atoms with Gasteiger partial charge in [-0.3, -0.25) is 4.79 Å². The topological polar surface area (TPSA) is 118 Å². The molecule has 5 N–H and O–H groups in total. The predicted molar refractivity (Wildman–Crippen MR) is 90.1 cm³/mol. The zero-order valence-electron chi connectivity index (χ0n) is 14.5. The van der Waals surface area contributed by atoms with Gasteiger partial charge in [0.25, 0.3) is 0 Å². The monoisotopic (exact) mass is 344 g/mol. The molecule has 0 spiro atoms. The summed E-state index contributed by atoms with van der Waals surface area (Å²) in [5, 5.41) is 48.8. The minimum atomic E-state index is -2.49. The summed E-state index contributed by atoms with van der Waals surface area (Å²) in [4.78, 5) is 11.0. The summed E-state index contributed by atoms with van der Waals surface area (Å²) in [6.07, 6.45) is 7.02. The molecule has 0 amide bonds. The van der Waals surface area contributed by atoms with E-state index in [0.29, 0.717) is 25.7 Å². The van der Waals surface area contributed by atoms with Gasteiger partial charge in [0.05, 0.1) is 18.5 Å². The van der Waals surface area contributed by atoms with Gasteiger partial charge in [0.15, 0.2) is 6.29 Å². The number of carbonyl (C=O) groups is 1. The molecule has 24 heavy (non-hydrogen) atoms. The molecule has 0 aromatic heterocycles. The van der Waals surface area contributed by atoms with Crippen LogP contribution in [0.3, 0.4) is 0 Å². The Balaban J connectivity index is 2.74. The summed E-state index contributed by atoms with van der Waals surface area (Å²) in [6, 6.07) is 0. The second kappa shape index (κ2) is 10.1. The molecule has 1 fully saturated rings. The maximum absolute atomic E-state index is 11.0. The van der Waals surface area contributed by atoms with Crippen molar-refractivity contribution >= 4 is 6.29 Å². The van der Waals surface area contributed by atoms with Crippen molar-refractivity contribution in [1.82, 2.24) is 0 Å². The van der Waals surface area contributed by atoms with Gasteiger partial charge in [-0.15, -0.1) is 0 Å². The van der Waals surface area contributed by atoms with E-state index in [1.165, 1.54) is 0 Å². The summed E-state index contributed by atoms with van der Waals surface area (Å²) >= 11 is 0. The molecule has 0 aliphatic heterocycles. The second-order valence-corrected chi connectivity index (χ2v) is 7.00. The standard InChI is InChI=1S/C18H32O6/c1-2-3-4-5-6-7-17(22)15-9-13(8-14(21)11-19)10-16(15)18(23,24)12-20/h7,12-16,19,21-24H,2-6,8-11H2,1H3/t13-,14?,15-,16+/m1/s1. The summed E-state index contributed by atoms with van der Waals surface area (Å²) < 4.78 is 0. The lowest BCUT2D eigenvalue weighted by molar-refractivity contribution is -0.195. The quantitative estimate of drug-likeness (QED) is 0.168.